The SMILES string of the molecule is O=C(CC1CCCC2CC12)NC12CCC(C(=O)O)(CC1)CC2. The van der Waals surface area contributed by atoms with Crippen LogP contribution in [-0.4, -0.2) is 22.5 Å². The molecule has 4 heteroatoms. The van der Waals surface area contributed by atoms with E-state index in [1.165, 1.54) is 25.7 Å². The molecule has 0 spiro atoms. The Labute approximate surface area is 132 Å². The fraction of sp³-hybridized carbons (Fsp3) is 0.889. The highest BCUT2D eigenvalue weighted by Crippen LogP contribution is 2.54. The molecule has 0 heterocycles. The van der Waals surface area contributed by atoms with Gasteiger partial charge in [-0.25, -0.2) is 0 Å². The van der Waals surface area contributed by atoms with E-state index in [4.69, 9.17) is 0 Å². The first-order valence-corrected chi connectivity index (χ1v) is 9.06. The molecule has 0 aromatic carbocycles. The summed E-state index contributed by atoms with van der Waals surface area (Å²) in [4.78, 5) is 24.0. The maximum absolute atomic E-state index is 12.5. The molecule has 22 heavy (non-hydrogen) atoms. The highest BCUT2D eigenvalue weighted by molar-refractivity contribution is 5.78. The van der Waals surface area contributed by atoms with Gasteiger partial charge in [-0.2, -0.15) is 0 Å². The summed E-state index contributed by atoms with van der Waals surface area (Å²) < 4.78 is 0. The van der Waals surface area contributed by atoms with E-state index in [-0.39, 0.29) is 11.4 Å². The number of carbonyl (C=O) groups is 2. The van der Waals surface area contributed by atoms with Crippen LogP contribution in [0.25, 0.3) is 0 Å². The Morgan fingerprint density at radius 3 is 2.36 bits per heavy atom. The Hall–Kier alpha value is -1.06. The number of nitrogens with one attached hydrogen (secondary N) is 1. The van der Waals surface area contributed by atoms with Gasteiger partial charge in [0, 0.05) is 12.0 Å². The fourth-order valence-electron chi connectivity index (χ4n) is 5.57. The Morgan fingerprint density at radius 1 is 1.05 bits per heavy atom. The zero-order chi connectivity index (χ0) is 15.4. The van der Waals surface area contributed by atoms with Crippen LogP contribution in [0.2, 0.25) is 0 Å². The second-order valence-electron chi connectivity index (χ2n) is 8.47. The second kappa shape index (κ2) is 4.97. The van der Waals surface area contributed by atoms with Crippen LogP contribution < -0.4 is 5.32 Å². The smallest absolute Gasteiger partial charge is 0.309 e. The second-order valence-corrected chi connectivity index (χ2v) is 8.47. The van der Waals surface area contributed by atoms with Gasteiger partial charge in [0.25, 0.3) is 0 Å². The first kappa shape index (κ1) is 14.5. The number of hydrogen-bond donors (Lipinski definition) is 2. The first-order valence-electron chi connectivity index (χ1n) is 9.06. The standard InChI is InChI=1S/C18H27NO3/c20-15(11-13-3-1-2-12-10-14(12)13)19-18-7-4-17(5-8-18,6-9-18)16(21)22/h12-14H,1-11H2,(H,19,20)(H,21,22). The number of rotatable bonds is 4. The molecule has 5 saturated carbocycles. The van der Waals surface area contributed by atoms with Gasteiger partial charge in [0.15, 0.2) is 0 Å². The maximum atomic E-state index is 12.5. The summed E-state index contributed by atoms with van der Waals surface area (Å²) in [7, 11) is 0. The molecule has 122 valence electrons. The third-order valence-corrected chi connectivity index (χ3v) is 7.28. The number of aliphatic carboxylic acids is 1. The summed E-state index contributed by atoms with van der Waals surface area (Å²) in [5, 5.41) is 12.8. The summed E-state index contributed by atoms with van der Waals surface area (Å²) in [5.41, 5.74) is -0.580. The maximum Gasteiger partial charge on any atom is 0.309 e. The molecule has 5 rings (SSSR count). The highest BCUT2D eigenvalue weighted by atomic mass is 16.4. The van der Waals surface area contributed by atoms with Crippen LogP contribution in [0.15, 0.2) is 0 Å². The highest BCUT2D eigenvalue weighted by Gasteiger charge is 2.53. The lowest BCUT2D eigenvalue weighted by atomic mass is 9.57. The van der Waals surface area contributed by atoms with Gasteiger partial charge in [0.1, 0.15) is 0 Å². The molecule has 0 saturated heterocycles. The van der Waals surface area contributed by atoms with Crippen molar-refractivity contribution in [2.24, 2.45) is 23.2 Å². The van der Waals surface area contributed by atoms with E-state index in [1.807, 2.05) is 0 Å². The molecule has 5 aliphatic rings. The lowest BCUT2D eigenvalue weighted by Gasteiger charge is -2.51. The van der Waals surface area contributed by atoms with Crippen molar-refractivity contribution in [2.45, 2.75) is 76.2 Å². The van der Waals surface area contributed by atoms with Gasteiger partial charge in [-0.15, -0.1) is 0 Å². The summed E-state index contributed by atoms with van der Waals surface area (Å²) in [6.45, 7) is 0. The summed E-state index contributed by atoms with van der Waals surface area (Å²) in [5.74, 6) is 1.96. The molecule has 4 nitrogen and oxygen atoms in total. The first-order chi connectivity index (χ1) is 10.5. The Bertz CT molecular complexity index is 476. The lowest BCUT2D eigenvalue weighted by Crippen LogP contribution is -2.58. The molecule has 3 unspecified atom stereocenters. The minimum Gasteiger partial charge on any atom is -0.481 e. The van der Waals surface area contributed by atoms with Crippen molar-refractivity contribution in [1.82, 2.24) is 5.32 Å². The van der Waals surface area contributed by atoms with Crippen LogP contribution in [0.4, 0.5) is 0 Å². The number of carbonyl (C=O) groups excluding carboxylic acids is 1. The van der Waals surface area contributed by atoms with Gasteiger partial charge in [0.05, 0.1) is 5.41 Å². The topological polar surface area (TPSA) is 66.4 Å². The summed E-state index contributed by atoms with van der Waals surface area (Å²) in [6.07, 6.45) is 10.7. The zero-order valence-corrected chi connectivity index (χ0v) is 13.3. The number of hydrogen-bond acceptors (Lipinski definition) is 2. The molecule has 5 fully saturated rings. The third-order valence-electron chi connectivity index (χ3n) is 7.28. The van der Waals surface area contributed by atoms with Crippen molar-refractivity contribution in [3.63, 3.8) is 0 Å². The quantitative estimate of drug-likeness (QED) is 0.838. The third kappa shape index (κ3) is 2.35. The molecule has 1 amide bonds. The van der Waals surface area contributed by atoms with E-state index in [0.717, 1.165) is 50.4 Å². The van der Waals surface area contributed by atoms with Crippen molar-refractivity contribution in [1.29, 1.82) is 0 Å². The largest absolute Gasteiger partial charge is 0.481 e. The van der Waals surface area contributed by atoms with E-state index in [1.54, 1.807) is 0 Å². The monoisotopic (exact) mass is 305 g/mol. The van der Waals surface area contributed by atoms with E-state index in [9.17, 15) is 14.7 Å². The fourth-order valence-corrected chi connectivity index (χ4v) is 5.57. The van der Waals surface area contributed by atoms with Crippen molar-refractivity contribution in [2.75, 3.05) is 0 Å². The van der Waals surface area contributed by atoms with Gasteiger partial charge in [-0.05, 0) is 69.1 Å². The van der Waals surface area contributed by atoms with Crippen LogP contribution in [0.1, 0.15) is 70.6 Å². The van der Waals surface area contributed by atoms with Gasteiger partial charge in [-0.3, -0.25) is 9.59 Å². The summed E-state index contributed by atoms with van der Waals surface area (Å²) >= 11 is 0. The zero-order valence-electron chi connectivity index (χ0n) is 13.3. The number of amides is 1. The average Bonchev–Trinajstić information content (AvgIpc) is 3.29. The van der Waals surface area contributed by atoms with Gasteiger partial charge >= 0.3 is 5.97 Å². The number of carboxylic acids is 1. The Morgan fingerprint density at radius 2 is 1.73 bits per heavy atom. The average molecular weight is 305 g/mol. The normalized spacial score (nSPS) is 45.9. The molecule has 0 aromatic heterocycles. The van der Waals surface area contributed by atoms with Gasteiger partial charge in [0.2, 0.25) is 5.91 Å². The van der Waals surface area contributed by atoms with Crippen molar-refractivity contribution in [3.05, 3.63) is 0 Å². The summed E-state index contributed by atoms with van der Waals surface area (Å²) in [6, 6.07) is 0. The Balaban J connectivity index is 1.34. The van der Waals surface area contributed by atoms with Crippen molar-refractivity contribution < 1.29 is 14.7 Å². The number of carboxylic acid groups (broad SMARTS) is 1. The van der Waals surface area contributed by atoms with Crippen LogP contribution in [-0.2, 0) is 9.59 Å². The van der Waals surface area contributed by atoms with E-state index < -0.39 is 11.4 Å². The predicted molar refractivity (Wildman–Crippen MR) is 82.2 cm³/mol. The van der Waals surface area contributed by atoms with Crippen LogP contribution >= 0.6 is 0 Å². The van der Waals surface area contributed by atoms with E-state index in [2.05, 4.69) is 5.32 Å². The molecular formula is C18H27NO3. The lowest BCUT2D eigenvalue weighted by molar-refractivity contribution is -0.157. The van der Waals surface area contributed by atoms with Crippen molar-refractivity contribution in [3.8, 4) is 0 Å². The molecule has 0 aliphatic heterocycles. The van der Waals surface area contributed by atoms with Gasteiger partial charge < -0.3 is 10.4 Å². The molecule has 5 aliphatic carbocycles. The molecule has 0 aromatic rings. The van der Waals surface area contributed by atoms with Crippen LogP contribution in [0.5, 0.6) is 0 Å². The van der Waals surface area contributed by atoms with Crippen LogP contribution in [0, 0.1) is 23.2 Å². The van der Waals surface area contributed by atoms with E-state index >= 15 is 0 Å². The van der Waals surface area contributed by atoms with Crippen molar-refractivity contribution >= 4 is 11.9 Å². The minimum atomic E-state index is -0.630. The molecule has 0 radical (unpaired) electrons. The molecule has 2 bridgehead atoms. The van der Waals surface area contributed by atoms with Gasteiger partial charge in [-0.1, -0.05) is 12.8 Å². The number of fused-ring (bicyclic) bond motifs is 4. The molecule has 2 N–H and O–H groups in total. The Kier molecular flexibility index (Phi) is 3.28. The van der Waals surface area contributed by atoms with Crippen LogP contribution in [0.3, 0.4) is 0 Å². The molecule has 3 atom stereocenters. The molecular weight excluding hydrogens is 278 g/mol. The van der Waals surface area contributed by atoms with E-state index in [0.29, 0.717) is 12.3 Å². The predicted octanol–water partition coefficient (Wildman–Crippen LogP) is 3.11. The minimum absolute atomic E-state index is 0.0914.